The fourth-order valence-electron chi connectivity index (χ4n) is 2.07. The summed E-state index contributed by atoms with van der Waals surface area (Å²) in [6, 6.07) is 8.25. The number of benzene rings is 1. The number of halogens is 7. The van der Waals surface area contributed by atoms with E-state index < -0.39 is 42.1 Å². The summed E-state index contributed by atoms with van der Waals surface area (Å²) in [6.45, 7) is -2.28. The highest BCUT2D eigenvalue weighted by Crippen LogP contribution is 2.46. The van der Waals surface area contributed by atoms with E-state index in [0.717, 1.165) is 18.3 Å². The van der Waals surface area contributed by atoms with Gasteiger partial charge in [0.1, 0.15) is 5.69 Å². The first-order valence-electron chi connectivity index (χ1n) is 7.99. The molecule has 1 aromatic carbocycles. The highest BCUT2D eigenvalue weighted by Gasteiger charge is 2.72. The second-order valence-electron chi connectivity index (χ2n) is 5.93. The van der Waals surface area contributed by atoms with Gasteiger partial charge in [0.05, 0.1) is 23.5 Å². The van der Waals surface area contributed by atoms with E-state index in [-0.39, 0.29) is 16.9 Å². The normalized spacial score (nSPS) is 12.4. The van der Waals surface area contributed by atoms with Crippen LogP contribution in [0.2, 0.25) is 0 Å². The number of nitrogens with one attached hydrogen (secondary N) is 2. The maximum absolute atomic E-state index is 13.2. The molecule has 0 radical (unpaired) electrons. The lowest BCUT2D eigenvalue weighted by Gasteiger charge is -2.28. The minimum Gasteiger partial charge on any atom is -0.397 e. The van der Waals surface area contributed by atoms with Crippen LogP contribution in [0.3, 0.4) is 0 Å². The monoisotopic (exact) mass is 438 g/mol. The van der Waals surface area contributed by atoms with Crippen LogP contribution in [0.1, 0.15) is 20.8 Å². The maximum Gasteiger partial charge on any atom is 0.459 e. The first-order valence-corrected chi connectivity index (χ1v) is 7.99. The third-order valence-corrected chi connectivity index (χ3v) is 3.75. The molecule has 13 heteroatoms. The predicted octanol–water partition coefficient (Wildman–Crippen LogP) is 3.48. The Hall–Kier alpha value is -3.38. The lowest BCUT2D eigenvalue weighted by Crippen LogP contribution is -2.56. The summed E-state index contributed by atoms with van der Waals surface area (Å²) in [5.41, 5.74) is 5.57. The van der Waals surface area contributed by atoms with Crippen LogP contribution >= 0.6 is 0 Å². The largest absolute Gasteiger partial charge is 0.459 e. The lowest BCUT2D eigenvalue weighted by molar-refractivity contribution is -0.352. The molecule has 0 spiro atoms. The molecule has 1 heterocycles. The van der Waals surface area contributed by atoms with Crippen LogP contribution in [-0.4, -0.2) is 41.4 Å². The second-order valence-corrected chi connectivity index (χ2v) is 5.93. The molecule has 6 nitrogen and oxygen atoms in total. The molecule has 0 aliphatic rings. The van der Waals surface area contributed by atoms with Crippen molar-refractivity contribution in [3.8, 4) is 0 Å². The summed E-state index contributed by atoms with van der Waals surface area (Å²) in [7, 11) is 0. The zero-order valence-corrected chi connectivity index (χ0v) is 14.7. The Bertz CT molecular complexity index is 930. The molecule has 0 saturated carbocycles. The van der Waals surface area contributed by atoms with E-state index in [1.165, 1.54) is 17.4 Å². The Labute approximate surface area is 164 Å². The van der Waals surface area contributed by atoms with E-state index in [9.17, 15) is 40.3 Å². The molecule has 0 aliphatic carbocycles. The van der Waals surface area contributed by atoms with Crippen molar-refractivity contribution in [1.29, 1.82) is 0 Å². The van der Waals surface area contributed by atoms with Crippen LogP contribution in [-0.2, 0) is 0 Å². The van der Waals surface area contributed by atoms with E-state index >= 15 is 0 Å². The number of hydrogen-bond donors (Lipinski definition) is 3. The van der Waals surface area contributed by atoms with Crippen molar-refractivity contribution < 1.29 is 40.3 Å². The van der Waals surface area contributed by atoms with Crippen molar-refractivity contribution in [2.45, 2.75) is 18.0 Å². The van der Waals surface area contributed by atoms with Crippen molar-refractivity contribution in [2.24, 2.45) is 0 Å². The molecule has 0 unspecified atom stereocenters. The Morgan fingerprint density at radius 3 is 2.10 bits per heavy atom. The third kappa shape index (κ3) is 4.78. The van der Waals surface area contributed by atoms with Crippen LogP contribution in [0.25, 0.3) is 0 Å². The quantitative estimate of drug-likeness (QED) is 0.475. The van der Waals surface area contributed by atoms with Gasteiger partial charge in [0.25, 0.3) is 11.8 Å². The number of amides is 2. The van der Waals surface area contributed by atoms with Gasteiger partial charge in [0.15, 0.2) is 0 Å². The van der Waals surface area contributed by atoms with Crippen molar-refractivity contribution in [1.82, 2.24) is 10.3 Å². The van der Waals surface area contributed by atoms with Gasteiger partial charge in [-0.3, -0.25) is 14.6 Å². The maximum atomic E-state index is 13.2. The number of nitrogens with zero attached hydrogens (tertiary/aromatic N) is 1. The number of nitrogens with two attached hydrogens (primary N) is 1. The van der Waals surface area contributed by atoms with Gasteiger partial charge in [-0.25, -0.2) is 0 Å². The molecule has 1 aromatic heterocycles. The number of carbonyl (C=O) groups is 2. The fraction of sp³-hybridized carbons (Fsp3) is 0.235. The SMILES string of the molecule is Nc1ccccc1NC(=O)c1ccc(C(=O)NCC(F)(F)C(F)(F)C(F)(F)F)nc1. The first-order chi connectivity index (χ1) is 13.8. The van der Waals surface area contributed by atoms with Gasteiger partial charge in [0, 0.05) is 6.20 Å². The van der Waals surface area contributed by atoms with Crippen molar-refractivity contribution in [3.05, 3.63) is 53.9 Å². The van der Waals surface area contributed by atoms with Gasteiger partial charge in [-0.1, -0.05) is 12.1 Å². The van der Waals surface area contributed by atoms with Gasteiger partial charge >= 0.3 is 18.0 Å². The number of para-hydroxylation sites is 2. The van der Waals surface area contributed by atoms with Crippen LogP contribution in [0.15, 0.2) is 42.6 Å². The average molecular weight is 438 g/mol. The molecule has 0 saturated heterocycles. The van der Waals surface area contributed by atoms with Gasteiger partial charge < -0.3 is 16.4 Å². The number of rotatable bonds is 6. The summed E-state index contributed by atoms with van der Waals surface area (Å²) >= 11 is 0. The molecular formula is C17H13F7N4O2. The zero-order chi connectivity index (χ0) is 22.7. The standard InChI is InChI=1S/C17H13F7N4O2/c18-15(19,16(20,21)17(22,23)24)8-27-14(30)12-6-5-9(7-26-12)13(29)28-11-4-2-1-3-10(11)25/h1-7H,8,25H2,(H,27,30)(H,28,29). The number of aromatic nitrogens is 1. The molecule has 2 aromatic rings. The van der Waals surface area contributed by atoms with Crippen molar-refractivity contribution in [2.75, 3.05) is 17.6 Å². The molecule has 4 N–H and O–H groups in total. The first kappa shape index (κ1) is 22.9. The van der Waals surface area contributed by atoms with Crippen LogP contribution in [0.5, 0.6) is 0 Å². The minimum atomic E-state index is -6.50. The Morgan fingerprint density at radius 2 is 1.57 bits per heavy atom. The van der Waals surface area contributed by atoms with Gasteiger partial charge in [-0.2, -0.15) is 30.7 Å². The van der Waals surface area contributed by atoms with E-state index in [2.05, 4.69) is 10.3 Å². The number of anilines is 2. The summed E-state index contributed by atoms with van der Waals surface area (Å²) < 4.78 is 88.3. The number of hydrogen-bond acceptors (Lipinski definition) is 4. The van der Waals surface area contributed by atoms with Crippen LogP contribution < -0.4 is 16.4 Å². The van der Waals surface area contributed by atoms with Crippen molar-refractivity contribution in [3.63, 3.8) is 0 Å². The molecule has 0 aliphatic heterocycles. The molecule has 0 atom stereocenters. The molecule has 0 fully saturated rings. The molecule has 30 heavy (non-hydrogen) atoms. The lowest BCUT2D eigenvalue weighted by atomic mass is 10.1. The number of nitrogen functional groups attached to an aromatic ring is 1. The van der Waals surface area contributed by atoms with E-state index in [4.69, 9.17) is 5.73 Å². The van der Waals surface area contributed by atoms with Gasteiger partial charge in [-0.15, -0.1) is 0 Å². The smallest absolute Gasteiger partial charge is 0.397 e. The summed E-state index contributed by atoms with van der Waals surface area (Å²) in [5, 5.41) is 3.72. The fourth-order valence-corrected chi connectivity index (χ4v) is 2.07. The van der Waals surface area contributed by atoms with Gasteiger partial charge in [-0.05, 0) is 24.3 Å². The molecule has 0 bridgehead atoms. The predicted molar refractivity (Wildman–Crippen MR) is 91.3 cm³/mol. The minimum absolute atomic E-state index is 0.0660. The third-order valence-electron chi connectivity index (χ3n) is 3.75. The number of carbonyl (C=O) groups excluding carboxylic acids is 2. The number of pyridine rings is 1. The average Bonchev–Trinajstić information content (AvgIpc) is 2.67. The van der Waals surface area contributed by atoms with Crippen LogP contribution in [0.4, 0.5) is 42.1 Å². The van der Waals surface area contributed by atoms with Crippen LogP contribution in [0, 0.1) is 0 Å². The molecule has 162 valence electrons. The highest BCUT2D eigenvalue weighted by atomic mass is 19.4. The van der Waals surface area contributed by atoms with Crippen molar-refractivity contribution >= 4 is 23.2 Å². The summed E-state index contributed by atoms with van der Waals surface area (Å²) in [4.78, 5) is 27.4. The zero-order valence-electron chi connectivity index (χ0n) is 14.7. The number of alkyl halides is 7. The van der Waals surface area contributed by atoms with E-state index in [1.54, 1.807) is 12.1 Å². The Morgan fingerprint density at radius 1 is 0.933 bits per heavy atom. The summed E-state index contributed by atoms with van der Waals surface area (Å²) in [5.74, 6) is -14.0. The Balaban J connectivity index is 2.03. The molecule has 2 rings (SSSR count). The topological polar surface area (TPSA) is 97.1 Å². The molecular weight excluding hydrogens is 425 g/mol. The van der Waals surface area contributed by atoms with Gasteiger partial charge in [0.2, 0.25) is 0 Å². The molecule has 2 amide bonds. The summed E-state index contributed by atoms with van der Waals surface area (Å²) in [6.07, 6.45) is -5.62. The van der Waals surface area contributed by atoms with E-state index in [1.807, 2.05) is 0 Å². The highest BCUT2D eigenvalue weighted by molar-refractivity contribution is 6.05. The van der Waals surface area contributed by atoms with E-state index in [0.29, 0.717) is 0 Å². The second kappa shape index (κ2) is 8.16. The Kier molecular flexibility index (Phi) is 6.23.